The van der Waals surface area contributed by atoms with Crippen molar-refractivity contribution in [3.8, 4) is 0 Å². The average molecular weight is 478 g/mol. The van der Waals surface area contributed by atoms with Crippen molar-refractivity contribution in [2.45, 2.75) is 25.9 Å². The molecule has 29 heavy (non-hydrogen) atoms. The number of aromatic carboxylic acids is 1. The van der Waals surface area contributed by atoms with Gasteiger partial charge in [0.05, 0.1) is 23.5 Å². The Balaban J connectivity index is 1.95. The standard InChI is InChI=1S/C20H18BrClN4O3/c1-9-6-12(8-25(3)18(9)27)23-15-13-5-4-11(22)7-14(13)10(2)26-17(15)16(19(28)29)24-20(26)21/h4-8,10,15,23H,1-3H3,(H,28,29). The van der Waals surface area contributed by atoms with Crippen LogP contribution >= 0.6 is 27.5 Å². The van der Waals surface area contributed by atoms with Crippen molar-refractivity contribution in [1.29, 1.82) is 0 Å². The molecule has 0 saturated heterocycles. The number of rotatable bonds is 3. The van der Waals surface area contributed by atoms with Crippen molar-refractivity contribution in [2.75, 3.05) is 5.32 Å². The molecule has 2 atom stereocenters. The number of anilines is 1. The first-order chi connectivity index (χ1) is 13.7. The normalized spacial score (nSPS) is 17.6. The van der Waals surface area contributed by atoms with Gasteiger partial charge < -0.3 is 19.6 Å². The zero-order chi connectivity index (χ0) is 21.0. The van der Waals surface area contributed by atoms with Crippen LogP contribution in [-0.2, 0) is 7.05 Å². The number of nitrogens with zero attached hydrogens (tertiary/aromatic N) is 3. The number of carboxylic acid groups (broad SMARTS) is 1. The van der Waals surface area contributed by atoms with Crippen molar-refractivity contribution in [3.63, 3.8) is 0 Å². The summed E-state index contributed by atoms with van der Waals surface area (Å²) in [5.41, 5.74) is 3.60. The van der Waals surface area contributed by atoms with Crippen LogP contribution < -0.4 is 10.9 Å². The van der Waals surface area contributed by atoms with Gasteiger partial charge in [-0.05, 0) is 59.1 Å². The van der Waals surface area contributed by atoms with E-state index in [1.807, 2.05) is 23.6 Å². The third-order valence-corrected chi connectivity index (χ3v) is 6.05. The summed E-state index contributed by atoms with van der Waals surface area (Å²) in [7, 11) is 1.68. The molecule has 2 aromatic heterocycles. The van der Waals surface area contributed by atoms with E-state index >= 15 is 0 Å². The number of fused-ring (bicyclic) bond motifs is 2. The lowest BCUT2D eigenvalue weighted by Gasteiger charge is -2.34. The molecule has 1 aliphatic heterocycles. The molecule has 150 valence electrons. The van der Waals surface area contributed by atoms with E-state index in [-0.39, 0.29) is 17.3 Å². The smallest absolute Gasteiger partial charge is 0.356 e. The van der Waals surface area contributed by atoms with Gasteiger partial charge in [0.15, 0.2) is 10.4 Å². The van der Waals surface area contributed by atoms with Crippen LogP contribution in [-0.4, -0.2) is 25.2 Å². The van der Waals surface area contributed by atoms with Crippen LogP contribution in [0.25, 0.3) is 0 Å². The Morgan fingerprint density at radius 1 is 1.31 bits per heavy atom. The van der Waals surface area contributed by atoms with Gasteiger partial charge in [0.1, 0.15) is 0 Å². The first kappa shape index (κ1) is 19.7. The number of carbonyl (C=O) groups is 1. The predicted molar refractivity (Wildman–Crippen MR) is 114 cm³/mol. The summed E-state index contributed by atoms with van der Waals surface area (Å²) >= 11 is 9.65. The molecule has 0 fully saturated rings. The molecular weight excluding hydrogens is 460 g/mol. The maximum atomic E-state index is 12.1. The summed E-state index contributed by atoms with van der Waals surface area (Å²) < 4.78 is 3.79. The minimum Gasteiger partial charge on any atom is -0.476 e. The van der Waals surface area contributed by atoms with Gasteiger partial charge in [-0.3, -0.25) is 4.79 Å². The van der Waals surface area contributed by atoms with Crippen LogP contribution in [0.5, 0.6) is 0 Å². The maximum Gasteiger partial charge on any atom is 0.356 e. The lowest BCUT2D eigenvalue weighted by Crippen LogP contribution is -2.29. The molecule has 1 aliphatic rings. The Kier molecular flexibility index (Phi) is 4.78. The van der Waals surface area contributed by atoms with E-state index in [2.05, 4.69) is 26.2 Å². The number of aryl methyl sites for hydroxylation is 2. The van der Waals surface area contributed by atoms with Gasteiger partial charge >= 0.3 is 5.97 Å². The van der Waals surface area contributed by atoms with E-state index in [1.54, 1.807) is 32.3 Å². The molecule has 2 N–H and O–H groups in total. The van der Waals surface area contributed by atoms with Gasteiger partial charge in [0.25, 0.3) is 5.56 Å². The van der Waals surface area contributed by atoms with Crippen molar-refractivity contribution < 1.29 is 9.90 Å². The Hall–Kier alpha value is -2.58. The number of benzene rings is 1. The molecule has 4 rings (SSSR count). The summed E-state index contributed by atoms with van der Waals surface area (Å²) in [6.45, 7) is 3.72. The minimum absolute atomic E-state index is 0.0247. The number of aromatic nitrogens is 3. The largest absolute Gasteiger partial charge is 0.476 e. The fourth-order valence-corrected chi connectivity index (χ4v) is 4.80. The number of hydrogen-bond donors (Lipinski definition) is 2. The van der Waals surface area contributed by atoms with Gasteiger partial charge in [-0.1, -0.05) is 17.7 Å². The zero-order valence-electron chi connectivity index (χ0n) is 15.9. The van der Waals surface area contributed by atoms with Gasteiger partial charge in [-0.25, -0.2) is 9.78 Å². The summed E-state index contributed by atoms with van der Waals surface area (Å²) in [4.78, 5) is 28.2. The Morgan fingerprint density at radius 2 is 2.03 bits per heavy atom. The highest BCUT2D eigenvalue weighted by molar-refractivity contribution is 9.10. The molecule has 0 bridgehead atoms. The molecule has 0 aliphatic carbocycles. The van der Waals surface area contributed by atoms with Crippen LogP contribution in [0.3, 0.4) is 0 Å². The highest BCUT2D eigenvalue weighted by atomic mass is 79.9. The molecule has 0 saturated carbocycles. The topological polar surface area (TPSA) is 89.2 Å². The van der Waals surface area contributed by atoms with Crippen LogP contribution in [0.1, 0.15) is 51.9 Å². The van der Waals surface area contributed by atoms with Crippen LogP contribution in [0.2, 0.25) is 5.02 Å². The molecule has 0 radical (unpaired) electrons. The number of carboxylic acids is 1. The minimum atomic E-state index is -1.10. The number of imidazole rings is 1. The second-order valence-electron chi connectivity index (χ2n) is 7.14. The predicted octanol–water partition coefficient (Wildman–Crippen LogP) is 4.13. The van der Waals surface area contributed by atoms with E-state index in [0.717, 1.165) is 11.1 Å². The number of hydrogen-bond acceptors (Lipinski definition) is 4. The van der Waals surface area contributed by atoms with E-state index in [1.165, 1.54) is 4.57 Å². The van der Waals surface area contributed by atoms with Crippen molar-refractivity contribution in [2.24, 2.45) is 7.05 Å². The molecular formula is C20H18BrClN4O3. The van der Waals surface area contributed by atoms with Crippen LogP contribution in [0.4, 0.5) is 5.69 Å². The Bertz CT molecular complexity index is 1190. The second-order valence-corrected chi connectivity index (χ2v) is 8.29. The third kappa shape index (κ3) is 3.16. The van der Waals surface area contributed by atoms with E-state index in [4.69, 9.17) is 11.6 Å². The van der Waals surface area contributed by atoms with Gasteiger partial charge in [0, 0.05) is 23.8 Å². The quantitative estimate of drug-likeness (QED) is 0.592. The van der Waals surface area contributed by atoms with Crippen molar-refractivity contribution >= 4 is 39.2 Å². The Morgan fingerprint density at radius 3 is 2.69 bits per heavy atom. The second kappa shape index (κ2) is 7.03. The summed E-state index contributed by atoms with van der Waals surface area (Å²) in [5, 5.41) is 13.8. The molecule has 2 unspecified atom stereocenters. The molecule has 7 nitrogen and oxygen atoms in total. The summed E-state index contributed by atoms with van der Waals surface area (Å²) in [6, 6.07) is 6.68. The maximum absolute atomic E-state index is 12.1. The molecule has 9 heteroatoms. The summed E-state index contributed by atoms with van der Waals surface area (Å²) in [5.74, 6) is -1.10. The lowest BCUT2D eigenvalue weighted by molar-refractivity contribution is 0.0689. The third-order valence-electron chi connectivity index (χ3n) is 5.25. The lowest BCUT2D eigenvalue weighted by atomic mass is 9.89. The molecule has 3 heterocycles. The monoisotopic (exact) mass is 476 g/mol. The van der Waals surface area contributed by atoms with E-state index in [9.17, 15) is 14.7 Å². The highest BCUT2D eigenvalue weighted by Crippen LogP contribution is 2.43. The van der Waals surface area contributed by atoms with E-state index in [0.29, 0.717) is 26.7 Å². The van der Waals surface area contributed by atoms with Crippen LogP contribution in [0, 0.1) is 6.92 Å². The summed E-state index contributed by atoms with van der Waals surface area (Å²) in [6.07, 6.45) is 1.69. The molecule has 3 aromatic rings. The molecule has 0 amide bonds. The van der Waals surface area contributed by atoms with Gasteiger partial charge in [-0.2, -0.15) is 0 Å². The SMILES string of the molecule is Cc1cc(NC2c3ccc(Cl)cc3C(C)n3c(Br)nc(C(=O)O)c32)cn(C)c1=O. The fourth-order valence-electron chi connectivity index (χ4n) is 3.94. The average Bonchev–Trinajstić information content (AvgIpc) is 3.01. The first-order valence-corrected chi connectivity index (χ1v) is 10.1. The Labute approximate surface area is 180 Å². The highest BCUT2D eigenvalue weighted by Gasteiger charge is 2.37. The number of pyridine rings is 1. The van der Waals surface area contributed by atoms with Crippen molar-refractivity contribution in [3.05, 3.63) is 78.7 Å². The first-order valence-electron chi connectivity index (χ1n) is 8.93. The van der Waals surface area contributed by atoms with E-state index < -0.39 is 12.0 Å². The fraction of sp³-hybridized carbons (Fsp3) is 0.250. The number of nitrogens with one attached hydrogen (secondary N) is 1. The van der Waals surface area contributed by atoms with Gasteiger partial charge in [-0.15, -0.1) is 0 Å². The number of halogens is 2. The molecule has 1 aromatic carbocycles. The van der Waals surface area contributed by atoms with Crippen molar-refractivity contribution in [1.82, 2.24) is 14.1 Å². The van der Waals surface area contributed by atoms with Gasteiger partial charge in [0.2, 0.25) is 0 Å². The zero-order valence-corrected chi connectivity index (χ0v) is 18.2. The van der Waals surface area contributed by atoms with Crippen LogP contribution in [0.15, 0.2) is 40.0 Å². The molecule has 0 spiro atoms.